The van der Waals surface area contributed by atoms with E-state index in [1.165, 1.54) is 32.2 Å². The number of methoxy groups -OCH3 is 1. The van der Waals surface area contributed by atoms with Gasteiger partial charge in [-0.25, -0.2) is 24.2 Å². The van der Waals surface area contributed by atoms with Crippen molar-refractivity contribution in [3.63, 3.8) is 0 Å². The number of carbonyl (C=O) groups is 3. The third kappa shape index (κ3) is 3.67. The molecule has 6 nitrogen and oxygen atoms in total. The maximum Gasteiger partial charge on any atom is 0.387 e. The Hall–Kier alpha value is -2.63. The average molecular weight is 264 g/mol. The molecule has 0 bridgehead atoms. The summed E-state index contributed by atoms with van der Waals surface area (Å²) in [5.41, 5.74) is 0.0271. The van der Waals surface area contributed by atoms with E-state index in [1.807, 2.05) is 0 Å². The van der Waals surface area contributed by atoms with E-state index < -0.39 is 17.9 Å². The van der Waals surface area contributed by atoms with Gasteiger partial charge in [0, 0.05) is 5.57 Å². The molecule has 0 spiro atoms. The van der Waals surface area contributed by atoms with Crippen LogP contribution in [0.3, 0.4) is 0 Å². The third-order valence-corrected chi connectivity index (χ3v) is 2.09. The van der Waals surface area contributed by atoms with Crippen LogP contribution in [0.2, 0.25) is 0 Å². The molecular weight excluding hydrogens is 252 g/mol. The molecule has 100 valence electrons. The van der Waals surface area contributed by atoms with Crippen molar-refractivity contribution in [2.45, 2.75) is 6.92 Å². The van der Waals surface area contributed by atoms with Gasteiger partial charge in [-0.05, 0) is 19.1 Å². The highest BCUT2D eigenvalue weighted by atomic mass is 17.2. The zero-order valence-corrected chi connectivity index (χ0v) is 10.5. The van der Waals surface area contributed by atoms with Crippen molar-refractivity contribution in [2.24, 2.45) is 0 Å². The summed E-state index contributed by atoms with van der Waals surface area (Å²) in [6.07, 6.45) is 0. The first-order valence-electron chi connectivity index (χ1n) is 5.23. The summed E-state index contributed by atoms with van der Waals surface area (Å²) < 4.78 is 4.52. The van der Waals surface area contributed by atoms with Crippen molar-refractivity contribution in [1.82, 2.24) is 0 Å². The molecule has 6 heteroatoms. The molecule has 0 heterocycles. The first-order valence-corrected chi connectivity index (χ1v) is 5.23. The molecule has 0 N–H and O–H groups in total. The van der Waals surface area contributed by atoms with Crippen LogP contribution in [0, 0.1) is 0 Å². The molecular formula is C13H12O6. The molecule has 0 aliphatic rings. The van der Waals surface area contributed by atoms with E-state index in [1.54, 1.807) is 6.07 Å². The van der Waals surface area contributed by atoms with Gasteiger partial charge in [-0.2, -0.15) is 0 Å². The number of benzene rings is 1. The van der Waals surface area contributed by atoms with Gasteiger partial charge >= 0.3 is 17.9 Å². The molecule has 0 aromatic heterocycles. The topological polar surface area (TPSA) is 78.9 Å². The molecule has 0 amide bonds. The SMILES string of the molecule is C=C(C)C(=O)OOC(=O)c1ccccc1C(=O)OC. The summed E-state index contributed by atoms with van der Waals surface area (Å²) in [6, 6.07) is 5.83. The van der Waals surface area contributed by atoms with E-state index in [-0.39, 0.29) is 16.7 Å². The van der Waals surface area contributed by atoms with Gasteiger partial charge in [-0.1, -0.05) is 18.7 Å². The standard InChI is InChI=1S/C13H12O6/c1-8(2)11(14)18-19-13(16)10-7-5-4-6-9(10)12(15)17-3/h4-7H,1H2,2-3H3. The second kappa shape index (κ2) is 6.34. The Morgan fingerprint density at radius 2 is 1.53 bits per heavy atom. The van der Waals surface area contributed by atoms with Gasteiger partial charge in [0.15, 0.2) is 0 Å². The fourth-order valence-electron chi connectivity index (χ4n) is 1.14. The molecule has 0 aliphatic heterocycles. The monoisotopic (exact) mass is 264 g/mol. The number of hydrogen-bond donors (Lipinski definition) is 0. The first-order chi connectivity index (χ1) is 8.97. The zero-order chi connectivity index (χ0) is 14.4. The highest BCUT2D eigenvalue weighted by Gasteiger charge is 2.20. The van der Waals surface area contributed by atoms with Gasteiger partial charge in [0.2, 0.25) is 0 Å². The van der Waals surface area contributed by atoms with Crippen LogP contribution in [0.25, 0.3) is 0 Å². The lowest BCUT2D eigenvalue weighted by molar-refractivity contribution is -0.229. The molecule has 0 radical (unpaired) electrons. The van der Waals surface area contributed by atoms with Crippen LogP contribution in [0.1, 0.15) is 27.6 Å². The molecule has 0 fully saturated rings. The van der Waals surface area contributed by atoms with Crippen molar-refractivity contribution in [1.29, 1.82) is 0 Å². The zero-order valence-electron chi connectivity index (χ0n) is 10.5. The van der Waals surface area contributed by atoms with Gasteiger partial charge in [0.1, 0.15) is 0 Å². The van der Waals surface area contributed by atoms with Crippen molar-refractivity contribution in [2.75, 3.05) is 7.11 Å². The predicted octanol–water partition coefficient (Wildman–Crippen LogP) is 1.66. The lowest BCUT2D eigenvalue weighted by Crippen LogP contribution is -2.15. The molecule has 19 heavy (non-hydrogen) atoms. The van der Waals surface area contributed by atoms with E-state index in [0.717, 1.165) is 0 Å². The smallest absolute Gasteiger partial charge is 0.387 e. The van der Waals surface area contributed by atoms with Gasteiger partial charge < -0.3 is 4.74 Å². The van der Waals surface area contributed by atoms with Gasteiger partial charge in [0.25, 0.3) is 0 Å². The molecule has 0 aliphatic carbocycles. The van der Waals surface area contributed by atoms with Crippen LogP contribution in [0.4, 0.5) is 0 Å². The minimum absolute atomic E-state index is 0.0152. The lowest BCUT2D eigenvalue weighted by Gasteiger charge is -2.06. The van der Waals surface area contributed by atoms with Crippen LogP contribution >= 0.6 is 0 Å². The number of ether oxygens (including phenoxy) is 1. The molecule has 1 rings (SSSR count). The Labute approximate surface area is 109 Å². The minimum atomic E-state index is -0.976. The van der Waals surface area contributed by atoms with Gasteiger partial charge in [-0.15, -0.1) is 0 Å². The third-order valence-electron chi connectivity index (χ3n) is 2.09. The summed E-state index contributed by atoms with van der Waals surface area (Å²) in [5, 5.41) is 0. The fourth-order valence-corrected chi connectivity index (χ4v) is 1.14. The predicted molar refractivity (Wildman–Crippen MR) is 64.1 cm³/mol. The minimum Gasteiger partial charge on any atom is -0.465 e. The molecule has 0 saturated carbocycles. The first kappa shape index (κ1) is 14.4. The largest absolute Gasteiger partial charge is 0.465 e. The average Bonchev–Trinajstić information content (AvgIpc) is 2.43. The highest BCUT2D eigenvalue weighted by Crippen LogP contribution is 2.12. The fraction of sp³-hybridized carbons (Fsp3) is 0.154. The maximum atomic E-state index is 11.7. The second-order valence-electron chi connectivity index (χ2n) is 3.56. The summed E-state index contributed by atoms with van der Waals surface area (Å²) in [4.78, 5) is 42.7. The van der Waals surface area contributed by atoms with E-state index in [4.69, 9.17) is 0 Å². The number of hydrogen-bond acceptors (Lipinski definition) is 6. The lowest BCUT2D eigenvalue weighted by atomic mass is 10.1. The Morgan fingerprint density at radius 3 is 2.00 bits per heavy atom. The molecule has 1 aromatic carbocycles. The van der Waals surface area contributed by atoms with E-state index >= 15 is 0 Å². The van der Waals surface area contributed by atoms with Crippen LogP contribution in [0.5, 0.6) is 0 Å². The van der Waals surface area contributed by atoms with Crippen molar-refractivity contribution in [3.8, 4) is 0 Å². The Morgan fingerprint density at radius 1 is 1.00 bits per heavy atom. The Bertz CT molecular complexity index is 532. The van der Waals surface area contributed by atoms with E-state index in [0.29, 0.717) is 0 Å². The highest BCUT2D eigenvalue weighted by molar-refractivity contribution is 6.03. The number of esters is 1. The normalized spacial score (nSPS) is 9.37. The summed E-state index contributed by atoms with van der Waals surface area (Å²) in [5.74, 6) is -2.54. The van der Waals surface area contributed by atoms with Crippen LogP contribution in [-0.4, -0.2) is 25.0 Å². The van der Waals surface area contributed by atoms with E-state index in [9.17, 15) is 14.4 Å². The van der Waals surface area contributed by atoms with Gasteiger partial charge in [0.05, 0.1) is 18.2 Å². The van der Waals surface area contributed by atoms with Crippen molar-refractivity contribution >= 4 is 17.9 Å². The second-order valence-corrected chi connectivity index (χ2v) is 3.56. The summed E-state index contributed by atoms with van der Waals surface area (Å²) in [7, 11) is 1.19. The molecule has 0 atom stereocenters. The van der Waals surface area contributed by atoms with Crippen LogP contribution < -0.4 is 0 Å². The number of carbonyl (C=O) groups excluding carboxylic acids is 3. The quantitative estimate of drug-likeness (QED) is 0.357. The van der Waals surface area contributed by atoms with Crippen LogP contribution in [-0.2, 0) is 19.3 Å². The van der Waals surface area contributed by atoms with Gasteiger partial charge in [-0.3, -0.25) is 0 Å². The molecule has 1 aromatic rings. The Balaban J connectivity index is 2.85. The summed E-state index contributed by atoms with van der Waals surface area (Å²) in [6.45, 7) is 4.73. The van der Waals surface area contributed by atoms with Crippen LogP contribution in [0.15, 0.2) is 36.4 Å². The maximum absolute atomic E-state index is 11.7. The van der Waals surface area contributed by atoms with Crippen molar-refractivity contribution in [3.05, 3.63) is 47.5 Å². The summed E-state index contributed by atoms with van der Waals surface area (Å²) >= 11 is 0. The molecule has 0 unspecified atom stereocenters. The number of rotatable bonds is 3. The Kier molecular flexibility index (Phi) is 4.82. The van der Waals surface area contributed by atoms with Crippen molar-refractivity contribution < 1.29 is 28.9 Å². The molecule has 0 saturated heterocycles. The van der Waals surface area contributed by atoms with E-state index in [2.05, 4.69) is 21.1 Å².